The molecule has 18 heavy (non-hydrogen) atoms. The van der Waals surface area contributed by atoms with Gasteiger partial charge < -0.3 is 4.74 Å². The standard InChI is InChI=1S/C15H19IO2/c1-18-14(17)15(9-5-2-6-10-15)11-12-7-3-4-8-13(12)16/h3-4,7-8H,2,5-6,9-11H2,1H3. The maximum atomic E-state index is 12.2. The average molecular weight is 358 g/mol. The van der Waals surface area contributed by atoms with Gasteiger partial charge in [-0.3, -0.25) is 4.79 Å². The van der Waals surface area contributed by atoms with Gasteiger partial charge in [0.15, 0.2) is 0 Å². The third-order valence-electron chi connectivity index (χ3n) is 3.92. The van der Waals surface area contributed by atoms with Crippen LogP contribution in [0.1, 0.15) is 37.7 Å². The molecule has 2 rings (SSSR count). The van der Waals surface area contributed by atoms with Crippen molar-refractivity contribution in [3.8, 4) is 0 Å². The molecule has 0 N–H and O–H groups in total. The summed E-state index contributed by atoms with van der Waals surface area (Å²) in [4.78, 5) is 12.2. The molecule has 0 heterocycles. The number of rotatable bonds is 3. The van der Waals surface area contributed by atoms with E-state index in [1.165, 1.54) is 22.7 Å². The second-order valence-electron chi connectivity index (χ2n) is 5.10. The summed E-state index contributed by atoms with van der Waals surface area (Å²) < 4.78 is 6.30. The van der Waals surface area contributed by atoms with Crippen molar-refractivity contribution in [2.75, 3.05) is 7.11 Å². The number of esters is 1. The van der Waals surface area contributed by atoms with Gasteiger partial charge in [0.1, 0.15) is 0 Å². The number of methoxy groups -OCH3 is 1. The zero-order chi connectivity index (χ0) is 13.0. The molecule has 1 aliphatic carbocycles. The van der Waals surface area contributed by atoms with Crippen molar-refractivity contribution in [1.29, 1.82) is 0 Å². The number of halogens is 1. The summed E-state index contributed by atoms with van der Waals surface area (Å²) in [6.07, 6.45) is 6.26. The molecule has 0 radical (unpaired) electrons. The molecule has 1 aromatic carbocycles. The largest absolute Gasteiger partial charge is 0.469 e. The van der Waals surface area contributed by atoms with E-state index in [0.29, 0.717) is 0 Å². The second-order valence-corrected chi connectivity index (χ2v) is 6.26. The molecule has 0 spiro atoms. The lowest BCUT2D eigenvalue weighted by Crippen LogP contribution is -2.36. The first-order valence-electron chi connectivity index (χ1n) is 6.50. The molecule has 0 unspecified atom stereocenters. The minimum atomic E-state index is -0.283. The van der Waals surface area contributed by atoms with Gasteiger partial charge in [-0.2, -0.15) is 0 Å². The van der Waals surface area contributed by atoms with Gasteiger partial charge in [0.25, 0.3) is 0 Å². The Hall–Kier alpha value is -0.580. The smallest absolute Gasteiger partial charge is 0.312 e. The van der Waals surface area contributed by atoms with Gasteiger partial charge >= 0.3 is 5.97 Å². The van der Waals surface area contributed by atoms with Crippen LogP contribution in [0, 0.1) is 8.99 Å². The van der Waals surface area contributed by atoms with Gasteiger partial charge in [-0.1, -0.05) is 37.5 Å². The summed E-state index contributed by atoms with van der Waals surface area (Å²) in [5.74, 6) is -0.0261. The number of carbonyl (C=O) groups is 1. The highest BCUT2D eigenvalue weighted by Crippen LogP contribution is 2.40. The van der Waals surface area contributed by atoms with Crippen LogP contribution in [-0.4, -0.2) is 13.1 Å². The summed E-state index contributed by atoms with van der Waals surface area (Å²) in [7, 11) is 1.51. The topological polar surface area (TPSA) is 26.3 Å². The molecular formula is C15H19IO2. The molecule has 0 bridgehead atoms. The summed E-state index contributed by atoms with van der Waals surface area (Å²) in [5, 5.41) is 0. The highest BCUT2D eigenvalue weighted by Gasteiger charge is 2.40. The normalized spacial score (nSPS) is 18.3. The van der Waals surface area contributed by atoms with E-state index >= 15 is 0 Å². The summed E-state index contributed by atoms with van der Waals surface area (Å²) in [5.41, 5.74) is 0.985. The van der Waals surface area contributed by atoms with Crippen LogP contribution in [-0.2, 0) is 16.0 Å². The van der Waals surface area contributed by atoms with E-state index in [0.717, 1.165) is 32.1 Å². The maximum Gasteiger partial charge on any atom is 0.312 e. The lowest BCUT2D eigenvalue weighted by atomic mass is 9.70. The molecule has 0 amide bonds. The monoisotopic (exact) mass is 358 g/mol. The second kappa shape index (κ2) is 6.04. The fraction of sp³-hybridized carbons (Fsp3) is 0.533. The Bertz CT molecular complexity index is 422. The molecule has 1 aliphatic rings. The Kier molecular flexibility index (Phi) is 4.65. The Morgan fingerprint density at radius 2 is 1.94 bits per heavy atom. The zero-order valence-corrected chi connectivity index (χ0v) is 12.9. The van der Waals surface area contributed by atoms with Crippen LogP contribution < -0.4 is 0 Å². The van der Waals surface area contributed by atoms with E-state index in [1.54, 1.807) is 0 Å². The van der Waals surface area contributed by atoms with Crippen LogP contribution >= 0.6 is 22.6 Å². The zero-order valence-electron chi connectivity index (χ0n) is 10.7. The molecule has 3 heteroatoms. The number of hydrogen-bond donors (Lipinski definition) is 0. The minimum absolute atomic E-state index is 0.0261. The third kappa shape index (κ3) is 2.87. The maximum absolute atomic E-state index is 12.2. The molecule has 0 aromatic heterocycles. The Morgan fingerprint density at radius 3 is 2.56 bits per heavy atom. The Labute approximate surface area is 122 Å². The van der Waals surface area contributed by atoms with Gasteiger partial charge in [-0.15, -0.1) is 0 Å². The summed E-state index contributed by atoms with van der Waals surface area (Å²) >= 11 is 2.35. The van der Waals surface area contributed by atoms with Crippen molar-refractivity contribution in [3.05, 3.63) is 33.4 Å². The molecule has 98 valence electrons. The van der Waals surface area contributed by atoms with Crippen LogP contribution in [0.5, 0.6) is 0 Å². The third-order valence-corrected chi connectivity index (χ3v) is 4.97. The molecule has 1 saturated carbocycles. The molecular weight excluding hydrogens is 339 g/mol. The first-order valence-corrected chi connectivity index (χ1v) is 7.58. The van der Waals surface area contributed by atoms with Crippen molar-refractivity contribution >= 4 is 28.6 Å². The van der Waals surface area contributed by atoms with Gasteiger partial charge in [0.05, 0.1) is 12.5 Å². The van der Waals surface area contributed by atoms with E-state index in [9.17, 15) is 4.79 Å². The molecule has 2 nitrogen and oxygen atoms in total. The van der Waals surface area contributed by atoms with Crippen molar-refractivity contribution in [1.82, 2.24) is 0 Å². The van der Waals surface area contributed by atoms with Crippen LogP contribution in [0.4, 0.5) is 0 Å². The SMILES string of the molecule is COC(=O)C1(Cc2ccccc2I)CCCCC1. The van der Waals surface area contributed by atoms with Gasteiger partial charge in [0.2, 0.25) is 0 Å². The van der Waals surface area contributed by atoms with Crippen molar-refractivity contribution in [2.45, 2.75) is 38.5 Å². The lowest BCUT2D eigenvalue weighted by Gasteiger charge is -2.34. The average Bonchev–Trinajstić information content (AvgIpc) is 2.41. The van der Waals surface area contributed by atoms with E-state index in [4.69, 9.17) is 4.74 Å². The molecule has 1 fully saturated rings. The van der Waals surface area contributed by atoms with Crippen LogP contribution in [0.2, 0.25) is 0 Å². The quantitative estimate of drug-likeness (QED) is 0.604. The van der Waals surface area contributed by atoms with Gasteiger partial charge in [-0.25, -0.2) is 0 Å². The summed E-state index contributed by atoms with van der Waals surface area (Å²) in [6, 6.07) is 8.31. The first kappa shape index (κ1) is 13.8. The van der Waals surface area contributed by atoms with E-state index in [1.807, 2.05) is 12.1 Å². The number of hydrogen-bond acceptors (Lipinski definition) is 2. The molecule has 0 saturated heterocycles. The van der Waals surface area contributed by atoms with Crippen LogP contribution in [0.3, 0.4) is 0 Å². The van der Waals surface area contributed by atoms with Crippen molar-refractivity contribution < 1.29 is 9.53 Å². The fourth-order valence-electron chi connectivity index (χ4n) is 2.90. The highest BCUT2D eigenvalue weighted by atomic mass is 127. The van der Waals surface area contributed by atoms with E-state index in [-0.39, 0.29) is 11.4 Å². The number of benzene rings is 1. The molecule has 0 aliphatic heterocycles. The van der Waals surface area contributed by atoms with E-state index in [2.05, 4.69) is 34.7 Å². The van der Waals surface area contributed by atoms with Gasteiger partial charge in [-0.05, 0) is 53.5 Å². The number of ether oxygens (including phenoxy) is 1. The Morgan fingerprint density at radius 1 is 1.28 bits per heavy atom. The lowest BCUT2D eigenvalue weighted by molar-refractivity contribution is -0.154. The minimum Gasteiger partial charge on any atom is -0.469 e. The first-order chi connectivity index (χ1) is 8.68. The van der Waals surface area contributed by atoms with Crippen LogP contribution in [0.15, 0.2) is 24.3 Å². The van der Waals surface area contributed by atoms with Crippen LogP contribution in [0.25, 0.3) is 0 Å². The van der Waals surface area contributed by atoms with Crippen molar-refractivity contribution in [2.24, 2.45) is 5.41 Å². The van der Waals surface area contributed by atoms with Gasteiger partial charge in [0, 0.05) is 3.57 Å². The predicted molar refractivity (Wildman–Crippen MR) is 80.4 cm³/mol. The number of carbonyl (C=O) groups excluding carboxylic acids is 1. The predicted octanol–water partition coefficient (Wildman–Crippen LogP) is 3.96. The van der Waals surface area contributed by atoms with E-state index < -0.39 is 0 Å². The molecule has 1 aromatic rings. The Balaban J connectivity index is 2.25. The van der Waals surface area contributed by atoms with Crippen molar-refractivity contribution in [3.63, 3.8) is 0 Å². The fourth-order valence-corrected chi connectivity index (χ4v) is 3.48. The highest BCUT2D eigenvalue weighted by molar-refractivity contribution is 14.1. The summed E-state index contributed by atoms with van der Waals surface area (Å²) in [6.45, 7) is 0. The molecule has 0 atom stereocenters.